The highest BCUT2D eigenvalue weighted by atomic mass is 32.2. The van der Waals surface area contributed by atoms with Crippen molar-refractivity contribution in [2.75, 3.05) is 0 Å². The first kappa shape index (κ1) is 15.8. The summed E-state index contributed by atoms with van der Waals surface area (Å²) in [4.78, 5) is 19.9. The molecule has 112 valence electrons. The third-order valence-corrected chi connectivity index (χ3v) is 4.69. The zero-order valence-electron chi connectivity index (χ0n) is 12.8. The Morgan fingerprint density at radius 3 is 2.57 bits per heavy atom. The molecule has 2 rings (SSSR count). The highest BCUT2D eigenvalue weighted by molar-refractivity contribution is 7.99. The Balaban J connectivity index is 2.35. The highest BCUT2D eigenvalue weighted by Crippen LogP contribution is 2.22. The van der Waals surface area contributed by atoms with E-state index in [1.165, 1.54) is 5.56 Å². The topological polar surface area (TPSA) is 45.8 Å². The van der Waals surface area contributed by atoms with Gasteiger partial charge in [0.2, 0.25) is 0 Å². The summed E-state index contributed by atoms with van der Waals surface area (Å²) in [6.07, 6.45) is 2.47. The normalized spacial score (nSPS) is 12.3. The predicted octanol–water partition coefficient (Wildman–Crippen LogP) is 3.81. The molecule has 1 aromatic heterocycles. The van der Waals surface area contributed by atoms with Gasteiger partial charge in [-0.15, -0.1) is 0 Å². The molecule has 1 heterocycles. The molecule has 0 fully saturated rings. The third-order valence-electron chi connectivity index (χ3n) is 3.54. The van der Waals surface area contributed by atoms with Crippen molar-refractivity contribution in [2.45, 2.75) is 50.4 Å². The van der Waals surface area contributed by atoms with Gasteiger partial charge in [-0.25, -0.2) is 4.98 Å². The molecule has 0 aliphatic carbocycles. The maximum Gasteiger partial charge on any atom is 0.254 e. The van der Waals surface area contributed by atoms with Crippen LogP contribution in [0.2, 0.25) is 0 Å². The van der Waals surface area contributed by atoms with E-state index in [1.807, 2.05) is 25.1 Å². The van der Waals surface area contributed by atoms with E-state index < -0.39 is 0 Å². The van der Waals surface area contributed by atoms with Gasteiger partial charge in [0.1, 0.15) is 0 Å². The first-order chi connectivity index (χ1) is 10.1. The lowest BCUT2D eigenvalue weighted by molar-refractivity contribution is 0.823. The molecule has 3 nitrogen and oxygen atoms in total. The van der Waals surface area contributed by atoms with Crippen LogP contribution in [0.3, 0.4) is 0 Å². The molecule has 1 unspecified atom stereocenters. The fourth-order valence-electron chi connectivity index (χ4n) is 2.15. The summed E-state index contributed by atoms with van der Waals surface area (Å²) >= 11 is 1.63. The van der Waals surface area contributed by atoms with Gasteiger partial charge in [-0.1, -0.05) is 62.9 Å². The van der Waals surface area contributed by atoms with E-state index in [4.69, 9.17) is 4.98 Å². The number of H-pyrrole nitrogens is 1. The molecule has 4 heteroatoms. The fourth-order valence-corrected chi connectivity index (χ4v) is 3.01. The average Bonchev–Trinajstić information content (AvgIpc) is 2.48. The Labute approximate surface area is 130 Å². The molecule has 1 atom stereocenters. The highest BCUT2D eigenvalue weighted by Gasteiger charge is 2.12. The van der Waals surface area contributed by atoms with Crippen LogP contribution in [0.5, 0.6) is 0 Å². The molecule has 1 N–H and O–H groups in total. The van der Waals surface area contributed by atoms with Gasteiger partial charge in [-0.2, -0.15) is 0 Å². The van der Waals surface area contributed by atoms with Gasteiger partial charge in [0.05, 0.1) is 5.69 Å². The van der Waals surface area contributed by atoms with E-state index in [0.717, 1.165) is 22.8 Å². The summed E-state index contributed by atoms with van der Waals surface area (Å²) in [7, 11) is 0. The second kappa shape index (κ2) is 7.46. The molecule has 0 saturated carbocycles. The van der Waals surface area contributed by atoms with E-state index >= 15 is 0 Å². The van der Waals surface area contributed by atoms with E-state index in [2.05, 4.69) is 31.0 Å². The largest absolute Gasteiger partial charge is 0.301 e. The van der Waals surface area contributed by atoms with E-state index in [9.17, 15) is 4.79 Å². The fraction of sp³-hybridized carbons (Fsp3) is 0.412. The van der Waals surface area contributed by atoms with Crippen LogP contribution in [0.15, 0.2) is 40.3 Å². The summed E-state index contributed by atoms with van der Waals surface area (Å²) in [6, 6.07) is 10.2. The Hall–Kier alpha value is -1.55. The van der Waals surface area contributed by atoms with Crippen molar-refractivity contribution in [3.05, 3.63) is 57.5 Å². The van der Waals surface area contributed by atoms with E-state index in [0.29, 0.717) is 18.1 Å². The van der Waals surface area contributed by atoms with Crippen LogP contribution in [0.1, 0.15) is 44.0 Å². The molecule has 0 radical (unpaired) electrons. The van der Waals surface area contributed by atoms with Gasteiger partial charge in [0.25, 0.3) is 5.56 Å². The number of nitrogens with zero attached hydrogens (tertiary/aromatic N) is 1. The minimum absolute atomic E-state index is 0.00392. The van der Waals surface area contributed by atoms with Crippen molar-refractivity contribution in [3.8, 4) is 0 Å². The predicted molar refractivity (Wildman–Crippen MR) is 89.1 cm³/mol. The van der Waals surface area contributed by atoms with Crippen LogP contribution < -0.4 is 5.56 Å². The standard InChI is InChI=1S/C17H22N2OS/c1-4-12(3)21-17-18-15(14(5-2)16(20)19-17)11-13-9-7-6-8-10-13/h6-10,12H,4-5,11H2,1-3H3,(H,18,19,20). The number of aromatic amines is 1. The van der Waals surface area contributed by atoms with Crippen LogP contribution in [0.25, 0.3) is 0 Å². The number of thioether (sulfide) groups is 1. The Morgan fingerprint density at radius 2 is 1.95 bits per heavy atom. The van der Waals surface area contributed by atoms with Crippen molar-refractivity contribution in [1.82, 2.24) is 9.97 Å². The van der Waals surface area contributed by atoms with Crippen LogP contribution in [0.4, 0.5) is 0 Å². The molecular formula is C17H22N2OS. The molecule has 1 aromatic carbocycles. The molecule has 0 bridgehead atoms. The molecule has 0 amide bonds. The smallest absolute Gasteiger partial charge is 0.254 e. The maximum atomic E-state index is 12.2. The van der Waals surface area contributed by atoms with Gasteiger partial charge in [-0.3, -0.25) is 4.79 Å². The first-order valence-corrected chi connectivity index (χ1v) is 8.34. The number of nitrogens with one attached hydrogen (secondary N) is 1. The maximum absolute atomic E-state index is 12.2. The third kappa shape index (κ3) is 4.21. The Morgan fingerprint density at radius 1 is 1.24 bits per heavy atom. The molecule has 0 aliphatic heterocycles. The first-order valence-electron chi connectivity index (χ1n) is 7.46. The Bertz CT molecular complexity index is 637. The quantitative estimate of drug-likeness (QED) is 0.652. The van der Waals surface area contributed by atoms with E-state index in [-0.39, 0.29) is 5.56 Å². The second-order valence-electron chi connectivity index (χ2n) is 5.15. The van der Waals surface area contributed by atoms with Gasteiger partial charge >= 0.3 is 0 Å². The number of benzene rings is 1. The van der Waals surface area contributed by atoms with Crippen LogP contribution >= 0.6 is 11.8 Å². The molecule has 2 aromatic rings. The van der Waals surface area contributed by atoms with Crippen LogP contribution in [-0.4, -0.2) is 15.2 Å². The molecule has 0 aliphatic rings. The molecular weight excluding hydrogens is 280 g/mol. The summed E-state index contributed by atoms with van der Waals surface area (Å²) in [5.74, 6) is 0. The molecule has 0 spiro atoms. The monoisotopic (exact) mass is 302 g/mol. The van der Waals surface area contributed by atoms with Crippen LogP contribution in [0, 0.1) is 0 Å². The summed E-state index contributed by atoms with van der Waals surface area (Å²) in [5.41, 5.74) is 2.89. The van der Waals surface area contributed by atoms with Crippen molar-refractivity contribution in [1.29, 1.82) is 0 Å². The van der Waals surface area contributed by atoms with Crippen molar-refractivity contribution in [3.63, 3.8) is 0 Å². The number of hydrogen-bond acceptors (Lipinski definition) is 3. The second-order valence-corrected chi connectivity index (χ2v) is 6.58. The average molecular weight is 302 g/mol. The van der Waals surface area contributed by atoms with Gasteiger partial charge in [0, 0.05) is 17.2 Å². The van der Waals surface area contributed by atoms with Gasteiger partial charge < -0.3 is 4.98 Å². The zero-order valence-corrected chi connectivity index (χ0v) is 13.7. The SMILES string of the molecule is CCc1c(Cc2ccccc2)nc(SC(C)CC)[nH]c1=O. The van der Waals surface area contributed by atoms with Crippen molar-refractivity contribution in [2.24, 2.45) is 0 Å². The van der Waals surface area contributed by atoms with Crippen molar-refractivity contribution < 1.29 is 0 Å². The van der Waals surface area contributed by atoms with Crippen molar-refractivity contribution >= 4 is 11.8 Å². The summed E-state index contributed by atoms with van der Waals surface area (Å²) in [5, 5.41) is 1.18. The summed E-state index contributed by atoms with van der Waals surface area (Å²) < 4.78 is 0. The lowest BCUT2D eigenvalue weighted by atomic mass is 10.1. The van der Waals surface area contributed by atoms with Gasteiger partial charge in [0.15, 0.2) is 5.16 Å². The molecule has 0 saturated heterocycles. The minimum atomic E-state index is 0.00392. The molecule has 21 heavy (non-hydrogen) atoms. The minimum Gasteiger partial charge on any atom is -0.301 e. The van der Waals surface area contributed by atoms with Crippen LogP contribution in [-0.2, 0) is 12.8 Å². The number of aromatic nitrogens is 2. The number of hydrogen-bond donors (Lipinski definition) is 1. The number of rotatable bonds is 6. The zero-order chi connectivity index (χ0) is 15.2. The summed E-state index contributed by atoms with van der Waals surface area (Å²) in [6.45, 7) is 6.29. The lowest BCUT2D eigenvalue weighted by Gasteiger charge is -2.11. The van der Waals surface area contributed by atoms with E-state index in [1.54, 1.807) is 11.8 Å². The van der Waals surface area contributed by atoms with Gasteiger partial charge in [-0.05, 0) is 18.4 Å². The Kier molecular flexibility index (Phi) is 5.62. The lowest BCUT2D eigenvalue weighted by Crippen LogP contribution is -2.19.